The standard InChI is InChI=1S/C13H25N3O/c1-16(10-11-4-7-14-8-5-11)12-3-2-6-15-13(17)9-12/h11-12,14H,2-10H2,1H3,(H,15,17). The van der Waals surface area contributed by atoms with Crippen LogP contribution in [0.25, 0.3) is 0 Å². The molecule has 4 heteroatoms. The highest BCUT2D eigenvalue weighted by atomic mass is 16.1. The lowest BCUT2D eigenvalue weighted by molar-refractivity contribution is -0.121. The molecular formula is C13H25N3O. The lowest BCUT2D eigenvalue weighted by Gasteiger charge is -2.32. The van der Waals surface area contributed by atoms with Crippen LogP contribution in [0.1, 0.15) is 32.1 Å². The van der Waals surface area contributed by atoms with Crippen LogP contribution >= 0.6 is 0 Å². The number of piperidine rings is 1. The molecule has 2 saturated heterocycles. The summed E-state index contributed by atoms with van der Waals surface area (Å²) in [5, 5.41) is 6.36. The fourth-order valence-electron chi connectivity index (χ4n) is 2.95. The Bertz CT molecular complexity index is 251. The van der Waals surface area contributed by atoms with E-state index in [-0.39, 0.29) is 5.91 Å². The van der Waals surface area contributed by atoms with E-state index in [0.717, 1.165) is 44.9 Å². The van der Waals surface area contributed by atoms with Gasteiger partial charge in [-0.2, -0.15) is 0 Å². The topological polar surface area (TPSA) is 44.4 Å². The first-order chi connectivity index (χ1) is 8.25. The molecule has 1 unspecified atom stereocenters. The highest BCUT2D eigenvalue weighted by Gasteiger charge is 2.23. The number of rotatable bonds is 3. The zero-order valence-electron chi connectivity index (χ0n) is 10.9. The fourth-order valence-corrected chi connectivity index (χ4v) is 2.95. The van der Waals surface area contributed by atoms with Gasteiger partial charge < -0.3 is 15.5 Å². The SMILES string of the molecule is CN(CC1CCNCC1)C1CCCNC(=O)C1. The molecule has 0 aromatic carbocycles. The van der Waals surface area contributed by atoms with Gasteiger partial charge in [0.1, 0.15) is 0 Å². The van der Waals surface area contributed by atoms with Crippen LogP contribution < -0.4 is 10.6 Å². The Morgan fingerprint density at radius 1 is 1.24 bits per heavy atom. The summed E-state index contributed by atoms with van der Waals surface area (Å²) in [5.74, 6) is 1.04. The van der Waals surface area contributed by atoms with E-state index in [1.54, 1.807) is 0 Å². The monoisotopic (exact) mass is 239 g/mol. The largest absolute Gasteiger partial charge is 0.356 e. The molecule has 1 amide bonds. The van der Waals surface area contributed by atoms with Crippen LogP contribution in [0, 0.1) is 5.92 Å². The van der Waals surface area contributed by atoms with E-state index in [1.807, 2.05) is 0 Å². The first kappa shape index (κ1) is 12.8. The van der Waals surface area contributed by atoms with Crippen molar-refractivity contribution in [2.24, 2.45) is 5.92 Å². The van der Waals surface area contributed by atoms with Crippen molar-refractivity contribution in [1.82, 2.24) is 15.5 Å². The highest BCUT2D eigenvalue weighted by Crippen LogP contribution is 2.18. The lowest BCUT2D eigenvalue weighted by Crippen LogP contribution is -2.40. The Balaban J connectivity index is 1.80. The smallest absolute Gasteiger partial charge is 0.221 e. The number of carbonyl (C=O) groups is 1. The van der Waals surface area contributed by atoms with E-state index in [0.29, 0.717) is 12.5 Å². The van der Waals surface area contributed by atoms with Gasteiger partial charge in [-0.05, 0) is 51.7 Å². The third kappa shape index (κ3) is 3.96. The second kappa shape index (κ2) is 6.36. The van der Waals surface area contributed by atoms with Gasteiger partial charge in [-0.1, -0.05) is 0 Å². The minimum atomic E-state index is 0.227. The zero-order chi connectivity index (χ0) is 12.1. The van der Waals surface area contributed by atoms with Gasteiger partial charge in [-0.15, -0.1) is 0 Å². The second-order valence-corrected chi connectivity index (χ2v) is 5.48. The molecule has 0 radical (unpaired) electrons. The van der Waals surface area contributed by atoms with Gasteiger partial charge in [-0.25, -0.2) is 0 Å². The van der Waals surface area contributed by atoms with Gasteiger partial charge in [0, 0.05) is 25.6 Å². The Morgan fingerprint density at radius 3 is 2.76 bits per heavy atom. The molecule has 0 saturated carbocycles. The van der Waals surface area contributed by atoms with E-state index in [1.165, 1.54) is 12.8 Å². The molecule has 4 nitrogen and oxygen atoms in total. The van der Waals surface area contributed by atoms with Gasteiger partial charge >= 0.3 is 0 Å². The van der Waals surface area contributed by atoms with Gasteiger partial charge in [-0.3, -0.25) is 4.79 Å². The van der Waals surface area contributed by atoms with Crippen LogP contribution in [-0.4, -0.2) is 50.1 Å². The minimum absolute atomic E-state index is 0.227. The van der Waals surface area contributed by atoms with Crippen LogP contribution in [-0.2, 0) is 4.79 Å². The minimum Gasteiger partial charge on any atom is -0.356 e. The molecule has 17 heavy (non-hydrogen) atoms. The molecular weight excluding hydrogens is 214 g/mol. The van der Waals surface area contributed by atoms with Crippen molar-refractivity contribution in [1.29, 1.82) is 0 Å². The predicted octanol–water partition coefficient (Wildman–Crippen LogP) is 0.587. The first-order valence-corrected chi connectivity index (χ1v) is 6.93. The number of amides is 1. The number of nitrogens with zero attached hydrogens (tertiary/aromatic N) is 1. The van der Waals surface area contributed by atoms with Crippen molar-refractivity contribution in [2.75, 3.05) is 33.2 Å². The molecule has 0 aromatic rings. The Morgan fingerprint density at radius 2 is 2.00 bits per heavy atom. The third-order valence-corrected chi connectivity index (χ3v) is 4.09. The predicted molar refractivity (Wildman–Crippen MR) is 68.9 cm³/mol. The van der Waals surface area contributed by atoms with E-state index >= 15 is 0 Å². The van der Waals surface area contributed by atoms with Gasteiger partial charge in [0.15, 0.2) is 0 Å². The Kier molecular flexibility index (Phi) is 4.80. The summed E-state index contributed by atoms with van der Waals surface area (Å²) in [6.07, 6.45) is 5.52. The van der Waals surface area contributed by atoms with Crippen molar-refractivity contribution < 1.29 is 4.79 Å². The summed E-state index contributed by atoms with van der Waals surface area (Å²) in [5.41, 5.74) is 0. The molecule has 2 N–H and O–H groups in total. The molecule has 2 rings (SSSR count). The molecule has 0 aliphatic carbocycles. The van der Waals surface area contributed by atoms with Crippen molar-refractivity contribution in [3.63, 3.8) is 0 Å². The molecule has 2 heterocycles. The van der Waals surface area contributed by atoms with Crippen LogP contribution in [0.3, 0.4) is 0 Å². The Labute approximate surface area is 104 Å². The number of hydrogen-bond acceptors (Lipinski definition) is 3. The normalized spacial score (nSPS) is 27.9. The maximum atomic E-state index is 11.5. The average Bonchev–Trinajstić information content (AvgIpc) is 2.55. The van der Waals surface area contributed by atoms with Crippen molar-refractivity contribution >= 4 is 5.91 Å². The molecule has 2 aliphatic rings. The summed E-state index contributed by atoms with van der Waals surface area (Å²) in [6.45, 7) is 4.32. The molecule has 98 valence electrons. The molecule has 2 aliphatic heterocycles. The number of carbonyl (C=O) groups excluding carboxylic acids is 1. The summed E-state index contributed by atoms with van der Waals surface area (Å²) >= 11 is 0. The molecule has 0 spiro atoms. The summed E-state index contributed by atoms with van der Waals surface area (Å²) in [4.78, 5) is 14.0. The maximum absolute atomic E-state index is 11.5. The van der Waals surface area contributed by atoms with Crippen LogP contribution in [0.2, 0.25) is 0 Å². The van der Waals surface area contributed by atoms with E-state index in [2.05, 4.69) is 22.6 Å². The third-order valence-electron chi connectivity index (χ3n) is 4.09. The van der Waals surface area contributed by atoms with Crippen LogP contribution in [0.4, 0.5) is 0 Å². The van der Waals surface area contributed by atoms with Gasteiger partial charge in [0.2, 0.25) is 5.91 Å². The molecule has 0 aromatic heterocycles. The zero-order valence-corrected chi connectivity index (χ0v) is 10.9. The fraction of sp³-hybridized carbons (Fsp3) is 0.923. The first-order valence-electron chi connectivity index (χ1n) is 6.93. The highest BCUT2D eigenvalue weighted by molar-refractivity contribution is 5.76. The number of nitrogens with one attached hydrogen (secondary N) is 2. The van der Waals surface area contributed by atoms with E-state index in [4.69, 9.17) is 0 Å². The van der Waals surface area contributed by atoms with Gasteiger partial charge in [0.25, 0.3) is 0 Å². The lowest BCUT2D eigenvalue weighted by atomic mass is 9.96. The van der Waals surface area contributed by atoms with Crippen molar-refractivity contribution in [3.8, 4) is 0 Å². The van der Waals surface area contributed by atoms with Gasteiger partial charge in [0.05, 0.1) is 0 Å². The van der Waals surface area contributed by atoms with Crippen LogP contribution in [0.15, 0.2) is 0 Å². The average molecular weight is 239 g/mol. The van der Waals surface area contributed by atoms with Crippen molar-refractivity contribution in [3.05, 3.63) is 0 Å². The molecule has 0 bridgehead atoms. The summed E-state index contributed by atoms with van der Waals surface area (Å²) in [7, 11) is 2.19. The quantitative estimate of drug-likeness (QED) is 0.757. The van der Waals surface area contributed by atoms with Crippen LogP contribution in [0.5, 0.6) is 0 Å². The second-order valence-electron chi connectivity index (χ2n) is 5.48. The summed E-state index contributed by atoms with van der Waals surface area (Å²) in [6, 6.07) is 0.451. The number of hydrogen-bond donors (Lipinski definition) is 2. The summed E-state index contributed by atoms with van der Waals surface area (Å²) < 4.78 is 0. The van der Waals surface area contributed by atoms with Crippen molar-refractivity contribution in [2.45, 2.75) is 38.1 Å². The Hall–Kier alpha value is -0.610. The maximum Gasteiger partial charge on any atom is 0.221 e. The molecule has 1 atom stereocenters. The van der Waals surface area contributed by atoms with E-state index in [9.17, 15) is 4.79 Å². The van der Waals surface area contributed by atoms with E-state index < -0.39 is 0 Å². The molecule has 2 fully saturated rings.